The Morgan fingerprint density at radius 3 is 2.29 bits per heavy atom. The number of carbonyl (C=O) groups excluding carboxylic acids is 1. The van der Waals surface area contributed by atoms with Crippen LogP contribution in [0.3, 0.4) is 0 Å². The van der Waals surface area contributed by atoms with Gasteiger partial charge in [0.1, 0.15) is 10.7 Å². The number of esters is 1. The van der Waals surface area contributed by atoms with Crippen molar-refractivity contribution in [2.24, 2.45) is 0 Å². The first kappa shape index (κ1) is 18.2. The van der Waals surface area contributed by atoms with Crippen LogP contribution in [0.5, 0.6) is 0 Å². The number of ether oxygens (including phenoxy) is 1. The maximum Gasteiger partial charge on any atom is 0.337 e. The molecule has 0 saturated heterocycles. The topological polar surface area (TPSA) is 60.4 Å². The van der Waals surface area contributed by atoms with Crippen molar-refractivity contribution >= 4 is 32.6 Å². The number of rotatable bonds is 7. The molecule has 0 radical (unpaired) electrons. The van der Waals surface area contributed by atoms with Gasteiger partial charge in [0, 0.05) is 10.2 Å². The van der Waals surface area contributed by atoms with Crippen LogP contribution in [0.15, 0.2) is 24.3 Å². The van der Waals surface area contributed by atoms with Gasteiger partial charge in [0.25, 0.3) is 0 Å². The van der Waals surface area contributed by atoms with Gasteiger partial charge >= 0.3 is 5.97 Å². The summed E-state index contributed by atoms with van der Waals surface area (Å²) in [7, 11) is -1.17. The second-order valence-electron chi connectivity index (χ2n) is 5.08. The molecule has 0 heterocycles. The Hall–Kier alpha value is -0.880. The molecule has 6 heteroatoms. The van der Waals surface area contributed by atoms with Gasteiger partial charge in [-0.05, 0) is 24.1 Å². The average molecular weight is 377 g/mol. The van der Waals surface area contributed by atoms with E-state index in [2.05, 4.69) is 20.7 Å². The fourth-order valence-electron chi connectivity index (χ4n) is 2.60. The summed E-state index contributed by atoms with van der Waals surface area (Å²) in [6.07, 6.45) is 1.62. The smallest absolute Gasteiger partial charge is 0.337 e. The molecule has 1 aromatic rings. The van der Waals surface area contributed by atoms with Crippen molar-refractivity contribution in [2.45, 2.75) is 36.9 Å². The van der Waals surface area contributed by atoms with Gasteiger partial charge in [-0.1, -0.05) is 48.3 Å². The average Bonchev–Trinajstić information content (AvgIpc) is 2.45. The van der Waals surface area contributed by atoms with Crippen LogP contribution >= 0.6 is 15.9 Å². The fraction of sp³-hybridized carbons (Fsp3) is 0.533. The molecular weight excluding hydrogens is 356 g/mol. The van der Waals surface area contributed by atoms with Crippen LogP contribution in [0.25, 0.3) is 0 Å². The Bertz CT molecular complexity index is 543. The number of methoxy groups -OCH3 is 1. The zero-order valence-electron chi connectivity index (χ0n) is 12.5. The maximum absolute atomic E-state index is 11.5. The number of hydrogen-bond acceptors (Lipinski definition) is 4. The number of benzene rings is 1. The van der Waals surface area contributed by atoms with Gasteiger partial charge in [-0.15, -0.1) is 0 Å². The van der Waals surface area contributed by atoms with E-state index in [9.17, 15) is 13.2 Å². The van der Waals surface area contributed by atoms with Crippen LogP contribution < -0.4 is 0 Å². The minimum absolute atomic E-state index is 0.00169. The Kier molecular flexibility index (Phi) is 6.87. The van der Waals surface area contributed by atoms with Crippen molar-refractivity contribution in [3.63, 3.8) is 0 Å². The van der Waals surface area contributed by atoms with Gasteiger partial charge in [-0.3, -0.25) is 0 Å². The van der Waals surface area contributed by atoms with E-state index >= 15 is 0 Å². The van der Waals surface area contributed by atoms with Crippen LogP contribution in [0, 0.1) is 0 Å². The normalized spacial score (nSPS) is 15.5. The van der Waals surface area contributed by atoms with Crippen LogP contribution in [-0.4, -0.2) is 32.1 Å². The lowest BCUT2D eigenvalue weighted by Crippen LogP contribution is -2.39. The van der Waals surface area contributed by atoms with E-state index in [4.69, 9.17) is 0 Å². The lowest BCUT2D eigenvalue weighted by Gasteiger charge is -2.35. The van der Waals surface area contributed by atoms with E-state index < -0.39 is 22.1 Å². The highest BCUT2D eigenvalue weighted by Crippen LogP contribution is 2.37. The molecular formula is C15H21BrO4S. The molecule has 21 heavy (non-hydrogen) atoms. The molecule has 0 fully saturated rings. The van der Waals surface area contributed by atoms with E-state index in [1.54, 1.807) is 12.1 Å². The molecule has 0 aromatic heterocycles. The molecule has 1 aromatic carbocycles. The molecule has 2 unspecified atom stereocenters. The van der Waals surface area contributed by atoms with Crippen LogP contribution in [0.1, 0.15) is 42.6 Å². The first-order valence-electron chi connectivity index (χ1n) is 6.82. The Morgan fingerprint density at radius 2 is 1.90 bits per heavy atom. The summed E-state index contributed by atoms with van der Waals surface area (Å²) in [4.78, 5) is 11.5. The van der Waals surface area contributed by atoms with Crippen LogP contribution in [-0.2, 0) is 20.9 Å². The summed E-state index contributed by atoms with van der Waals surface area (Å²) < 4.78 is 27.3. The second-order valence-corrected chi connectivity index (χ2v) is 7.44. The molecule has 0 aliphatic heterocycles. The second kappa shape index (κ2) is 7.94. The highest BCUT2D eigenvalue weighted by molar-refractivity contribution is 9.09. The van der Waals surface area contributed by atoms with E-state index in [1.165, 1.54) is 7.11 Å². The third kappa shape index (κ3) is 4.30. The lowest BCUT2D eigenvalue weighted by atomic mass is 9.76. The summed E-state index contributed by atoms with van der Waals surface area (Å²) in [5.41, 5.74) is 0.888. The number of carbonyl (C=O) groups is 1. The molecule has 118 valence electrons. The van der Waals surface area contributed by atoms with Crippen LogP contribution in [0.2, 0.25) is 0 Å². The monoisotopic (exact) mass is 376 g/mol. The molecule has 2 atom stereocenters. The largest absolute Gasteiger partial charge is 0.465 e. The van der Waals surface area contributed by atoms with Gasteiger partial charge in [-0.25, -0.2) is 13.2 Å². The minimum atomic E-state index is -2.50. The van der Waals surface area contributed by atoms with Crippen molar-refractivity contribution in [3.05, 3.63) is 35.4 Å². The van der Waals surface area contributed by atoms with E-state index in [1.807, 2.05) is 26.0 Å². The van der Waals surface area contributed by atoms with Crippen molar-refractivity contribution in [1.82, 2.24) is 0 Å². The predicted octanol–water partition coefficient (Wildman–Crippen LogP) is 2.91. The lowest BCUT2D eigenvalue weighted by molar-refractivity contribution is 0.0600. The van der Waals surface area contributed by atoms with E-state index in [-0.39, 0.29) is 10.6 Å². The summed E-state index contributed by atoms with van der Waals surface area (Å²) in [5.74, 6) is -0.315. The Morgan fingerprint density at radius 1 is 1.33 bits per heavy atom. The molecule has 0 aliphatic carbocycles. The fourth-order valence-corrected chi connectivity index (χ4v) is 4.58. The molecule has 0 bridgehead atoms. The molecule has 0 saturated carbocycles. The molecule has 0 N–H and O–H groups in total. The zero-order valence-corrected chi connectivity index (χ0v) is 14.9. The van der Waals surface area contributed by atoms with Crippen molar-refractivity contribution in [3.8, 4) is 0 Å². The van der Waals surface area contributed by atoms with E-state index in [0.29, 0.717) is 5.56 Å². The van der Waals surface area contributed by atoms with Gasteiger partial charge < -0.3 is 4.74 Å². The standard InChI is InChI=1S/C15H21BrO4S/c1-4-9-15(11(2)16,10-21(18)19)13-7-5-12(6-8-13)14(17)20-3/h5-8,11,21H,4,9-10H2,1-3H3. The molecule has 0 spiro atoms. The SMILES string of the molecule is CCCC(C[SH](=O)=O)(c1ccc(C(=O)OC)cc1)C(C)Br. The third-order valence-electron chi connectivity index (χ3n) is 3.75. The highest BCUT2D eigenvalue weighted by Gasteiger charge is 2.37. The first-order valence-corrected chi connectivity index (χ1v) is 9.10. The van der Waals surface area contributed by atoms with Crippen LogP contribution in [0.4, 0.5) is 0 Å². The van der Waals surface area contributed by atoms with Crippen molar-refractivity contribution < 1.29 is 17.9 Å². The van der Waals surface area contributed by atoms with Crippen molar-refractivity contribution in [1.29, 1.82) is 0 Å². The highest BCUT2D eigenvalue weighted by atomic mass is 79.9. The quantitative estimate of drug-likeness (QED) is 0.451. The first-order chi connectivity index (χ1) is 9.87. The predicted molar refractivity (Wildman–Crippen MR) is 87.9 cm³/mol. The number of hydrogen-bond donors (Lipinski definition) is 1. The summed E-state index contributed by atoms with van der Waals surface area (Å²) in [6.45, 7) is 3.99. The number of halogens is 1. The Labute approximate surface area is 136 Å². The molecule has 0 amide bonds. The summed E-state index contributed by atoms with van der Waals surface area (Å²) >= 11 is 3.57. The van der Waals surface area contributed by atoms with Crippen molar-refractivity contribution in [2.75, 3.05) is 12.9 Å². The zero-order chi connectivity index (χ0) is 16.0. The van der Waals surface area contributed by atoms with E-state index in [0.717, 1.165) is 18.4 Å². The van der Waals surface area contributed by atoms with Gasteiger partial charge in [-0.2, -0.15) is 0 Å². The van der Waals surface area contributed by atoms with Gasteiger partial charge in [0.2, 0.25) is 0 Å². The molecule has 4 nitrogen and oxygen atoms in total. The summed E-state index contributed by atoms with van der Waals surface area (Å²) in [6, 6.07) is 6.99. The number of alkyl halides is 1. The number of thiol groups is 1. The third-order valence-corrected chi connectivity index (χ3v) is 5.45. The summed E-state index contributed by atoms with van der Waals surface area (Å²) in [5, 5.41) is 0. The molecule has 0 aliphatic rings. The van der Waals surface area contributed by atoms with Gasteiger partial charge in [0.05, 0.1) is 18.4 Å². The minimum Gasteiger partial charge on any atom is -0.465 e. The molecule has 1 rings (SSSR count). The maximum atomic E-state index is 11.5. The Balaban J connectivity index is 3.27. The van der Waals surface area contributed by atoms with Gasteiger partial charge in [0.15, 0.2) is 0 Å².